The maximum atomic E-state index is 12.3. The van der Waals surface area contributed by atoms with Gasteiger partial charge >= 0.3 is 11.9 Å². The largest absolute Gasteiger partial charge is 0.493 e. The van der Waals surface area contributed by atoms with Gasteiger partial charge in [0.05, 0.1) is 17.7 Å². The number of aliphatic imine (C=N–C) groups is 1. The van der Waals surface area contributed by atoms with E-state index in [1.165, 1.54) is 13.2 Å². The Balaban J connectivity index is 1.51. The molecule has 1 aliphatic rings. The molecule has 170 valence electrons. The highest BCUT2D eigenvalue weighted by Crippen LogP contribution is 2.30. The third-order valence-electron chi connectivity index (χ3n) is 4.71. The van der Waals surface area contributed by atoms with Crippen LogP contribution < -0.4 is 9.47 Å². The standard InChI is InChI=1S/C26H17Cl2NO5/c1-32-23-15-17(14-21-26(31)34-25(29-21)19-4-2-3-5-20(19)28)8-12-22(23)33-24(30)13-9-16-6-10-18(27)11-7-16/h2-15H,1H3/b13-9+,21-14-. The van der Waals surface area contributed by atoms with Crippen LogP contribution >= 0.6 is 23.2 Å². The van der Waals surface area contributed by atoms with Crippen LogP contribution in [0.4, 0.5) is 0 Å². The molecule has 4 rings (SSSR count). The molecule has 1 aliphatic heterocycles. The molecule has 0 amide bonds. The first kappa shape index (κ1) is 23.3. The molecular weight excluding hydrogens is 477 g/mol. The van der Waals surface area contributed by atoms with Gasteiger partial charge in [0.1, 0.15) is 0 Å². The average Bonchev–Trinajstić information content (AvgIpc) is 3.19. The molecule has 0 saturated heterocycles. The van der Waals surface area contributed by atoms with E-state index >= 15 is 0 Å². The molecule has 0 aromatic heterocycles. The summed E-state index contributed by atoms with van der Waals surface area (Å²) in [4.78, 5) is 28.8. The Morgan fingerprint density at radius 2 is 1.71 bits per heavy atom. The molecule has 0 aliphatic carbocycles. The van der Waals surface area contributed by atoms with Crippen LogP contribution in [0.1, 0.15) is 16.7 Å². The number of hydrogen-bond donors (Lipinski definition) is 0. The van der Waals surface area contributed by atoms with E-state index in [0.29, 0.717) is 26.9 Å². The van der Waals surface area contributed by atoms with Crippen molar-refractivity contribution in [1.82, 2.24) is 0 Å². The zero-order valence-corrected chi connectivity index (χ0v) is 19.3. The summed E-state index contributed by atoms with van der Waals surface area (Å²) in [6.07, 6.45) is 4.46. The van der Waals surface area contributed by atoms with Gasteiger partial charge in [-0.05, 0) is 59.7 Å². The number of ether oxygens (including phenoxy) is 3. The Morgan fingerprint density at radius 3 is 2.44 bits per heavy atom. The van der Waals surface area contributed by atoms with Crippen LogP contribution in [0.5, 0.6) is 11.5 Å². The number of benzene rings is 3. The van der Waals surface area contributed by atoms with Crippen molar-refractivity contribution in [3.05, 3.63) is 105 Å². The van der Waals surface area contributed by atoms with Gasteiger partial charge in [-0.25, -0.2) is 14.6 Å². The van der Waals surface area contributed by atoms with Gasteiger partial charge in [0, 0.05) is 11.1 Å². The summed E-state index contributed by atoms with van der Waals surface area (Å²) < 4.78 is 16.0. The lowest BCUT2D eigenvalue weighted by Gasteiger charge is -2.08. The summed E-state index contributed by atoms with van der Waals surface area (Å²) in [5.41, 5.74) is 2.03. The van der Waals surface area contributed by atoms with Gasteiger partial charge in [0.15, 0.2) is 17.2 Å². The van der Waals surface area contributed by atoms with Crippen molar-refractivity contribution in [3.63, 3.8) is 0 Å². The predicted octanol–water partition coefficient (Wildman–Crippen LogP) is 5.97. The van der Waals surface area contributed by atoms with Crippen LogP contribution in [-0.4, -0.2) is 24.9 Å². The fraction of sp³-hybridized carbons (Fsp3) is 0.0385. The number of carbonyl (C=O) groups excluding carboxylic acids is 2. The Morgan fingerprint density at radius 1 is 0.971 bits per heavy atom. The predicted molar refractivity (Wildman–Crippen MR) is 131 cm³/mol. The molecule has 6 nitrogen and oxygen atoms in total. The molecule has 8 heteroatoms. The summed E-state index contributed by atoms with van der Waals surface area (Å²) >= 11 is 12.0. The molecule has 0 atom stereocenters. The number of hydrogen-bond acceptors (Lipinski definition) is 6. The molecule has 0 saturated carbocycles. The van der Waals surface area contributed by atoms with E-state index in [2.05, 4.69) is 4.99 Å². The van der Waals surface area contributed by atoms with Gasteiger partial charge in [0.2, 0.25) is 5.90 Å². The fourth-order valence-corrected chi connectivity index (χ4v) is 3.40. The molecule has 0 unspecified atom stereocenters. The normalized spacial score (nSPS) is 14.3. The maximum Gasteiger partial charge on any atom is 0.363 e. The van der Waals surface area contributed by atoms with Crippen LogP contribution in [0.25, 0.3) is 12.2 Å². The van der Waals surface area contributed by atoms with Crippen molar-refractivity contribution in [2.24, 2.45) is 4.99 Å². The van der Waals surface area contributed by atoms with Crippen LogP contribution in [0.3, 0.4) is 0 Å². The molecule has 3 aromatic rings. The molecule has 34 heavy (non-hydrogen) atoms. The molecule has 3 aromatic carbocycles. The van der Waals surface area contributed by atoms with Gasteiger partial charge in [-0.1, -0.05) is 53.5 Å². The third-order valence-corrected chi connectivity index (χ3v) is 5.29. The topological polar surface area (TPSA) is 74.2 Å². The lowest BCUT2D eigenvalue weighted by Crippen LogP contribution is -2.06. The van der Waals surface area contributed by atoms with Crippen molar-refractivity contribution in [1.29, 1.82) is 0 Å². The lowest BCUT2D eigenvalue weighted by atomic mass is 10.1. The highest BCUT2D eigenvalue weighted by molar-refractivity contribution is 6.34. The van der Waals surface area contributed by atoms with Crippen molar-refractivity contribution >= 4 is 53.2 Å². The molecule has 0 spiro atoms. The first-order chi connectivity index (χ1) is 16.4. The summed E-state index contributed by atoms with van der Waals surface area (Å²) in [5, 5.41) is 1.03. The number of esters is 2. The SMILES string of the molecule is COc1cc(/C=C2\N=C(c3ccccc3Cl)OC2=O)ccc1OC(=O)/C=C/c1ccc(Cl)cc1. The maximum absolute atomic E-state index is 12.3. The quantitative estimate of drug-likeness (QED) is 0.240. The van der Waals surface area contributed by atoms with E-state index in [9.17, 15) is 9.59 Å². The highest BCUT2D eigenvalue weighted by atomic mass is 35.5. The van der Waals surface area contributed by atoms with Crippen molar-refractivity contribution in [2.75, 3.05) is 7.11 Å². The molecule has 0 bridgehead atoms. The van der Waals surface area contributed by atoms with E-state index < -0.39 is 11.9 Å². The number of cyclic esters (lactones) is 1. The number of methoxy groups -OCH3 is 1. The van der Waals surface area contributed by atoms with Crippen LogP contribution in [0, 0.1) is 0 Å². The second-order valence-electron chi connectivity index (χ2n) is 7.03. The minimum absolute atomic E-state index is 0.104. The molecule has 0 fully saturated rings. The van der Waals surface area contributed by atoms with Crippen molar-refractivity contribution in [2.45, 2.75) is 0 Å². The zero-order valence-electron chi connectivity index (χ0n) is 17.8. The molecular formula is C26H17Cl2NO5. The average molecular weight is 494 g/mol. The van der Waals surface area contributed by atoms with Crippen molar-refractivity contribution in [3.8, 4) is 11.5 Å². The first-order valence-corrected chi connectivity index (χ1v) is 10.8. The third kappa shape index (κ3) is 5.54. The Bertz CT molecular complexity index is 1340. The van der Waals surface area contributed by atoms with E-state index in [4.69, 9.17) is 37.4 Å². The monoisotopic (exact) mass is 493 g/mol. The summed E-state index contributed by atoms with van der Waals surface area (Å²) in [7, 11) is 1.45. The molecule has 0 radical (unpaired) electrons. The van der Waals surface area contributed by atoms with E-state index in [1.54, 1.807) is 78.9 Å². The number of carbonyl (C=O) groups is 2. The van der Waals surface area contributed by atoms with Crippen LogP contribution in [-0.2, 0) is 14.3 Å². The second kappa shape index (κ2) is 10.4. The summed E-state index contributed by atoms with van der Waals surface area (Å²) in [6, 6.07) is 18.8. The number of rotatable bonds is 6. The minimum atomic E-state index is -0.600. The smallest absolute Gasteiger partial charge is 0.363 e. The fourth-order valence-electron chi connectivity index (χ4n) is 3.06. The van der Waals surface area contributed by atoms with E-state index in [0.717, 1.165) is 5.56 Å². The number of halogens is 2. The second-order valence-corrected chi connectivity index (χ2v) is 7.88. The Kier molecular flexibility index (Phi) is 7.11. The van der Waals surface area contributed by atoms with E-state index in [1.807, 2.05) is 0 Å². The van der Waals surface area contributed by atoms with Gasteiger partial charge in [0.25, 0.3) is 0 Å². The molecule has 1 heterocycles. The van der Waals surface area contributed by atoms with Crippen LogP contribution in [0.2, 0.25) is 10.0 Å². The van der Waals surface area contributed by atoms with Gasteiger partial charge in [-0.2, -0.15) is 0 Å². The highest BCUT2D eigenvalue weighted by Gasteiger charge is 2.25. The van der Waals surface area contributed by atoms with Gasteiger partial charge in [-0.3, -0.25) is 0 Å². The van der Waals surface area contributed by atoms with Crippen LogP contribution in [0.15, 0.2) is 83.5 Å². The number of nitrogens with zero attached hydrogens (tertiary/aromatic N) is 1. The molecule has 0 N–H and O–H groups in total. The minimum Gasteiger partial charge on any atom is -0.493 e. The van der Waals surface area contributed by atoms with Crippen molar-refractivity contribution < 1.29 is 23.8 Å². The zero-order chi connectivity index (χ0) is 24.1. The van der Waals surface area contributed by atoms with E-state index in [-0.39, 0.29) is 17.3 Å². The Labute approximate surface area is 205 Å². The summed E-state index contributed by atoms with van der Waals surface area (Å²) in [5.74, 6) is -0.509. The van der Waals surface area contributed by atoms with Gasteiger partial charge in [-0.15, -0.1) is 0 Å². The first-order valence-electron chi connectivity index (χ1n) is 10.0. The Hall–Kier alpha value is -3.87. The lowest BCUT2D eigenvalue weighted by molar-refractivity contribution is -0.130. The summed E-state index contributed by atoms with van der Waals surface area (Å²) in [6.45, 7) is 0. The van der Waals surface area contributed by atoms with Gasteiger partial charge < -0.3 is 14.2 Å².